The molecule has 0 aliphatic heterocycles. The summed E-state index contributed by atoms with van der Waals surface area (Å²) in [4.78, 5) is 0. The van der Waals surface area contributed by atoms with Crippen LogP contribution in [0.5, 0.6) is 0 Å². The van der Waals surface area contributed by atoms with Crippen molar-refractivity contribution in [2.45, 2.75) is 59.3 Å². The fourth-order valence-corrected chi connectivity index (χ4v) is 6.03. The Hall–Kier alpha value is -1.56. The van der Waals surface area contributed by atoms with Gasteiger partial charge >= 0.3 is 0 Å². The van der Waals surface area contributed by atoms with Gasteiger partial charge in [-0.25, -0.2) is 0 Å². The molecule has 0 heteroatoms. The van der Waals surface area contributed by atoms with E-state index in [-0.39, 0.29) is 5.41 Å². The molecular weight excluding hydrogens is 288 g/mol. The van der Waals surface area contributed by atoms with Crippen molar-refractivity contribution in [1.82, 2.24) is 0 Å². The molecule has 0 spiro atoms. The standard InChI is InChI=1S/C24H30/c1-17-6-10-19(11-7-17)24(20-12-8-18(2)9-13-20)16-21-14-15-23(24,5)22(21,3)4/h6-13,21H,14-16H2,1-5H3. The quantitative estimate of drug-likeness (QED) is 0.598. The zero-order chi connectivity index (χ0) is 17.2. The second-order valence-electron chi connectivity index (χ2n) is 9.13. The molecule has 24 heavy (non-hydrogen) atoms. The van der Waals surface area contributed by atoms with Crippen LogP contribution in [0, 0.1) is 30.6 Å². The van der Waals surface area contributed by atoms with Crippen LogP contribution in [-0.4, -0.2) is 0 Å². The second kappa shape index (κ2) is 4.97. The predicted molar refractivity (Wildman–Crippen MR) is 102 cm³/mol. The van der Waals surface area contributed by atoms with Crippen molar-refractivity contribution in [2.24, 2.45) is 16.7 Å². The van der Waals surface area contributed by atoms with Gasteiger partial charge in [0.25, 0.3) is 0 Å². The van der Waals surface area contributed by atoms with Gasteiger partial charge in [-0.15, -0.1) is 0 Å². The lowest BCUT2D eigenvalue weighted by atomic mass is 9.53. The van der Waals surface area contributed by atoms with Crippen LogP contribution in [0.1, 0.15) is 62.3 Å². The Morgan fingerprint density at radius 3 is 1.54 bits per heavy atom. The summed E-state index contributed by atoms with van der Waals surface area (Å²) in [5.74, 6) is 0.824. The van der Waals surface area contributed by atoms with Crippen molar-refractivity contribution in [3.63, 3.8) is 0 Å². The maximum Gasteiger partial charge on any atom is 0.0264 e. The summed E-state index contributed by atoms with van der Waals surface area (Å²) >= 11 is 0. The van der Waals surface area contributed by atoms with Crippen LogP contribution < -0.4 is 0 Å². The minimum absolute atomic E-state index is 0.154. The number of hydrogen-bond donors (Lipinski definition) is 0. The number of benzene rings is 2. The van der Waals surface area contributed by atoms with Crippen molar-refractivity contribution in [2.75, 3.05) is 0 Å². The molecule has 0 saturated heterocycles. The molecule has 126 valence electrons. The van der Waals surface area contributed by atoms with Gasteiger partial charge in [0.2, 0.25) is 0 Å². The molecule has 2 atom stereocenters. The lowest BCUT2D eigenvalue weighted by molar-refractivity contribution is 0.0967. The largest absolute Gasteiger partial charge is 0.0591 e. The highest BCUT2D eigenvalue weighted by Crippen LogP contribution is 2.75. The first-order valence-corrected chi connectivity index (χ1v) is 9.46. The van der Waals surface area contributed by atoms with E-state index in [1.807, 2.05) is 0 Å². The van der Waals surface area contributed by atoms with Crippen LogP contribution in [0.15, 0.2) is 48.5 Å². The molecule has 2 aliphatic carbocycles. The SMILES string of the molecule is Cc1ccc(C2(c3ccc(C)cc3)CC3CCC2(C)C3(C)C)cc1. The average Bonchev–Trinajstić information content (AvgIpc) is 2.88. The zero-order valence-electron chi connectivity index (χ0n) is 15.8. The van der Waals surface area contributed by atoms with Gasteiger partial charge < -0.3 is 0 Å². The summed E-state index contributed by atoms with van der Waals surface area (Å²) in [6.07, 6.45) is 4.03. The number of aryl methyl sites for hydroxylation is 2. The third-order valence-electron chi connectivity index (χ3n) is 8.02. The predicted octanol–water partition coefficient (Wildman–Crippen LogP) is 6.44. The molecule has 4 rings (SSSR count). The summed E-state index contributed by atoms with van der Waals surface area (Å²) in [7, 11) is 0. The van der Waals surface area contributed by atoms with Crippen LogP contribution in [0.2, 0.25) is 0 Å². The van der Waals surface area contributed by atoms with Crippen LogP contribution in [0.4, 0.5) is 0 Å². The van der Waals surface area contributed by atoms with E-state index in [0.717, 1.165) is 5.92 Å². The Morgan fingerprint density at radius 2 is 1.21 bits per heavy atom. The lowest BCUT2D eigenvalue weighted by Gasteiger charge is -2.50. The van der Waals surface area contributed by atoms with E-state index < -0.39 is 0 Å². The van der Waals surface area contributed by atoms with Crippen LogP contribution in [0.25, 0.3) is 0 Å². The second-order valence-corrected chi connectivity index (χ2v) is 9.13. The van der Waals surface area contributed by atoms with Crippen molar-refractivity contribution < 1.29 is 0 Å². The normalized spacial score (nSPS) is 29.8. The minimum Gasteiger partial charge on any atom is -0.0591 e. The highest BCUT2D eigenvalue weighted by molar-refractivity contribution is 5.48. The minimum atomic E-state index is 0.154. The number of hydrogen-bond acceptors (Lipinski definition) is 0. The van der Waals surface area contributed by atoms with Crippen molar-refractivity contribution in [3.05, 3.63) is 70.8 Å². The molecule has 2 saturated carbocycles. The maximum absolute atomic E-state index is 2.57. The topological polar surface area (TPSA) is 0 Å². The third-order valence-corrected chi connectivity index (χ3v) is 8.02. The molecule has 0 amide bonds. The van der Waals surface area contributed by atoms with Crippen LogP contribution in [0.3, 0.4) is 0 Å². The molecule has 0 nitrogen and oxygen atoms in total. The summed E-state index contributed by atoms with van der Waals surface area (Å²) in [6.45, 7) is 12.0. The summed E-state index contributed by atoms with van der Waals surface area (Å²) in [5.41, 5.74) is 6.61. The van der Waals surface area contributed by atoms with Crippen LogP contribution in [-0.2, 0) is 5.41 Å². The molecule has 0 radical (unpaired) electrons. The molecule has 2 aliphatic rings. The van der Waals surface area contributed by atoms with E-state index >= 15 is 0 Å². The van der Waals surface area contributed by atoms with E-state index in [1.54, 1.807) is 0 Å². The van der Waals surface area contributed by atoms with Gasteiger partial charge in [0, 0.05) is 5.41 Å². The molecule has 0 N–H and O–H groups in total. The van der Waals surface area contributed by atoms with Gasteiger partial charge in [-0.1, -0.05) is 80.4 Å². The third kappa shape index (κ3) is 1.80. The Balaban J connectivity index is 1.98. The molecule has 0 aromatic heterocycles. The molecular formula is C24H30. The smallest absolute Gasteiger partial charge is 0.0264 e. The van der Waals surface area contributed by atoms with E-state index in [4.69, 9.17) is 0 Å². The molecule has 2 fully saturated rings. The fraction of sp³-hybridized carbons (Fsp3) is 0.500. The van der Waals surface area contributed by atoms with E-state index in [1.165, 1.54) is 41.5 Å². The Morgan fingerprint density at radius 1 is 0.750 bits per heavy atom. The molecule has 0 heterocycles. The number of rotatable bonds is 2. The van der Waals surface area contributed by atoms with E-state index in [9.17, 15) is 0 Å². The van der Waals surface area contributed by atoms with Crippen LogP contribution >= 0.6 is 0 Å². The summed E-state index contributed by atoms with van der Waals surface area (Å²) < 4.78 is 0. The number of fused-ring (bicyclic) bond motifs is 2. The molecule has 2 aromatic rings. The van der Waals surface area contributed by atoms with E-state index in [2.05, 4.69) is 83.1 Å². The van der Waals surface area contributed by atoms with Gasteiger partial charge in [-0.3, -0.25) is 0 Å². The van der Waals surface area contributed by atoms with Crippen molar-refractivity contribution in [1.29, 1.82) is 0 Å². The van der Waals surface area contributed by atoms with Gasteiger partial charge in [-0.05, 0) is 61.0 Å². The summed E-state index contributed by atoms with van der Waals surface area (Å²) in [6, 6.07) is 18.8. The van der Waals surface area contributed by atoms with Gasteiger partial charge in [0.15, 0.2) is 0 Å². The highest BCUT2D eigenvalue weighted by atomic mass is 14.7. The molecule has 2 aromatic carbocycles. The highest BCUT2D eigenvalue weighted by Gasteiger charge is 2.69. The Kier molecular flexibility index (Phi) is 3.30. The first-order valence-electron chi connectivity index (χ1n) is 9.46. The lowest BCUT2D eigenvalue weighted by Crippen LogP contribution is -2.45. The monoisotopic (exact) mass is 318 g/mol. The van der Waals surface area contributed by atoms with E-state index in [0.29, 0.717) is 10.8 Å². The molecule has 2 bridgehead atoms. The maximum atomic E-state index is 2.57. The van der Waals surface area contributed by atoms with Crippen molar-refractivity contribution in [3.8, 4) is 0 Å². The Labute approximate surface area is 147 Å². The fourth-order valence-electron chi connectivity index (χ4n) is 6.03. The first kappa shape index (κ1) is 15.9. The van der Waals surface area contributed by atoms with Gasteiger partial charge in [0.1, 0.15) is 0 Å². The zero-order valence-corrected chi connectivity index (χ0v) is 15.8. The molecule has 2 unspecified atom stereocenters. The van der Waals surface area contributed by atoms with Gasteiger partial charge in [-0.2, -0.15) is 0 Å². The summed E-state index contributed by atoms with van der Waals surface area (Å²) in [5, 5.41) is 0. The first-order chi connectivity index (χ1) is 11.3. The Bertz CT molecular complexity index is 702. The van der Waals surface area contributed by atoms with Gasteiger partial charge in [0.05, 0.1) is 0 Å². The van der Waals surface area contributed by atoms with Crippen molar-refractivity contribution >= 4 is 0 Å². The average molecular weight is 319 g/mol.